The predicted molar refractivity (Wildman–Crippen MR) is 78.2 cm³/mol. The minimum Gasteiger partial charge on any atom is -0.388 e. The van der Waals surface area contributed by atoms with Crippen molar-refractivity contribution in [3.05, 3.63) is 59.4 Å². The largest absolute Gasteiger partial charge is 0.388 e. The van der Waals surface area contributed by atoms with E-state index in [9.17, 15) is 9.18 Å². The summed E-state index contributed by atoms with van der Waals surface area (Å²) in [4.78, 5) is 12.0. The molecule has 1 amide bonds. The molecule has 0 aliphatic carbocycles. The van der Waals surface area contributed by atoms with Crippen molar-refractivity contribution in [3.8, 4) is 0 Å². The third-order valence-corrected chi connectivity index (χ3v) is 2.79. The van der Waals surface area contributed by atoms with E-state index in [-0.39, 0.29) is 11.7 Å². The molecule has 0 bridgehead atoms. The van der Waals surface area contributed by atoms with Crippen LogP contribution in [0.4, 0.5) is 15.8 Å². The Labute approximate surface area is 117 Å². The lowest BCUT2D eigenvalue weighted by atomic mass is 10.1. The van der Waals surface area contributed by atoms with Crippen molar-refractivity contribution in [3.63, 3.8) is 0 Å². The number of halogens is 1. The fourth-order valence-corrected chi connectivity index (χ4v) is 1.79. The molecule has 0 radical (unpaired) electrons. The number of carbonyl (C=O) groups excluding carboxylic acids is 1. The Hall–Kier alpha value is -2.56. The zero-order chi connectivity index (χ0) is 14.5. The molecular formula is C15H16FN3O. The summed E-state index contributed by atoms with van der Waals surface area (Å²) in [5.41, 5.74) is 8.33. The lowest BCUT2D eigenvalue weighted by Gasteiger charge is -2.10. The van der Waals surface area contributed by atoms with E-state index in [1.165, 1.54) is 12.1 Å². The molecule has 0 fully saturated rings. The van der Waals surface area contributed by atoms with Crippen LogP contribution in [0.2, 0.25) is 0 Å². The van der Waals surface area contributed by atoms with Crippen molar-refractivity contribution >= 4 is 17.3 Å². The lowest BCUT2D eigenvalue weighted by Crippen LogP contribution is -2.29. The van der Waals surface area contributed by atoms with Crippen LogP contribution >= 0.6 is 0 Å². The second kappa shape index (κ2) is 6.06. The smallest absolute Gasteiger partial charge is 0.269 e. The quantitative estimate of drug-likeness (QED) is 0.751. The van der Waals surface area contributed by atoms with Crippen LogP contribution in [0.25, 0.3) is 0 Å². The predicted octanol–water partition coefficient (Wildman–Crippen LogP) is 2.93. The number of hydrogen-bond donors (Lipinski definition) is 3. The fourth-order valence-electron chi connectivity index (χ4n) is 1.79. The van der Waals surface area contributed by atoms with E-state index in [0.29, 0.717) is 11.3 Å². The van der Waals surface area contributed by atoms with E-state index in [4.69, 9.17) is 0 Å². The van der Waals surface area contributed by atoms with E-state index in [1.807, 2.05) is 13.0 Å². The Morgan fingerprint density at radius 1 is 1.05 bits per heavy atom. The van der Waals surface area contributed by atoms with Crippen LogP contribution in [0, 0.1) is 12.7 Å². The number of aryl methyl sites for hydroxylation is 1. The molecule has 2 aromatic rings. The summed E-state index contributed by atoms with van der Waals surface area (Å²) in [5, 5.41) is 3.00. The van der Waals surface area contributed by atoms with Crippen molar-refractivity contribution in [2.24, 2.45) is 0 Å². The van der Waals surface area contributed by atoms with Crippen molar-refractivity contribution in [1.82, 2.24) is 5.43 Å². The van der Waals surface area contributed by atoms with Crippen molar-refractivity contribution in [2.45, 2.75) is 6.92 Å². The Bertz CT molecular complexity index is 611. The van der Waals surface area contributed by atoms with E-state index in [1.54, 1.807) is 31.3 Å². The van der Waals surface area contributed by atoms with Crippen LogP contribution in [0.3, 0.4) is 0 Å². The molecule has 0 aliphatic heterocycles. The molecule has 0 heterocycles. The first kappa shape index (κ1) is 13.9. The molecule has 4 nitrogen and oxygen atoms in total. The molecule has 0 spiro atoms. The van der Waals surface area contributed by atoms with Crippen LogP contribution in [0.1, 0.15) is 15.9 Å². The Kier molecular flexibility index (Phi) is 4.20. The molecule has 0 aliphatic rings. The summed E-state index contributed by atoms with van der Waals surface area (Å²) in [7, 11) is 1.80. The van der Waals surface area contributed by atoms with Gasteiger partial charge in [0.15, 0.2) is 0 Å². The highest BCUT2D eigenvalue weighted by atomic mass is 19.1. The van der Waals surface area contributed by atoms with Gasteiger partial charge in [-0.25, -0.2) is 4.39 Å². The maximum atomic E-state index is 12.8. The van der Waals surface area contributed by atoms with Gasteiger partial charge in [0.25, 0.3) is 5.91 Å². The molecule has 0 saturated carbocycles. The van der Waals surface area contributed by atoms with Gasteiger partial charge in [-0.15, -0.1) is 0 Å². The molecule has 104 valence electrons. The van der Waals surface area contributed by atoms with Crippen molar-refractivity contribution in [1.29, 1.82) is 0 Å². The summed E-state index contributed by atoms with van der Waals surface area (Å²) >= 11 is 0. The standard InChI is InChI=1S/C15H16FN3O/c1-10-7-11(9-14(8-10)17-2)15(20)19-18-13-5-3-12(16)4-6-13/h3-9,17-18H,1-2H3,(H,19,20). The van der Waals surface area contributed by atoms with Gasteiger partial charge in [0.2, 0.25) is 0 Å². The fraction of sp³-hybridized carbons (Fsp3) is 0.133. The normalized spacial score (nSPS) is 9.95. The highest BCUT2D eigenvalue weighted by molar-refractivity contribution is 5.96. The van der Waals surface area contributed by atoms with Gasteiger partial charge >= 0.3 is 0 Å². The van der Waals surface area contributed by atoms with Gasteiger partial charge < -0.3 is 5.32 Å². The molecule has 20 heavy (non-hydrogen) atoms. The number of benzene rings is 2. The zero-order valence-electron chi connectivity index (χ0n) is 11.3. The monoisotopic (exact) mass is 273 g/mol. The van der Waals surface area contributed by atoms with Crippen LogP contribution < -0.4 is 16.2 Å². The number of nitrogens with one attached hydrogen (secondary N) is 3. The number of rotatable bonds is 4. The molecule has 0 aromatic heterocycles. The van der Waals surface area contributed by atoms with Gasteiger partial charge in [-0.05, 0) is 55.0 Å². The molecule has 0 saturated heterocycles. The summed E-state index contributed by atoms with van der Waals surface area (Å²) < 4.78 is 12.8. The first-order chi connectivity index (χ1) is 9.58. The highest BCUT2D eigenvalue weighted by Crippen LogP contribution is 2.14. The third-order valence-electron chi connectivity index (χ3n) is 2.79. The summed E-state index contributed by atoms with van der Waals surface area (Å²) in [6, 6.07) is 11.2. The molecular weight excluding hydrogens is 257 g/mol. The van der Waals surface area contributed by atoms with Gasteiger partial charge in [-0.1, -0.05) is 0 Å². The summed E-state index contributed by atoms with van der Waals surface area (Å²) in [6.45, 7) is 1.92. The first-order valence-electron chi connectivity index (χ1n) is 6.20. The van der Waals surface area contributed by atoms with Gasteiger partial charge in [-0.3, -0.25) is 15.6 Å². The van der Waals surface area contributed by atoms with Crippen LogP contribution in [0.5, 0.6) is 0 Å². The Balaban J connectivity index is 2.04. The van der Waals surface area contributed by atoms with E-state index < -0.39 is 0 Å². The van der Waals surface area contributed by atoms with Crippen LogP contribution in [-0.2, 0) is 0 Å². The second-order valence-electron chi connectivity index (χ2n) is 4.42. The zero-order valence-corrected chi connectivity index (χ0v) is 11.3. The molecule has 2 rings (SSSR count). The van der Waals surface area contributed by atoms with Crippen molar-refractivity contribution in [2.75, 3.05) is 17.8 Å². The third kappa shape index (κ3) is 3.47. The highest BCUT2D eigenvalue weighted by Gasteiger charge is 2.07. The molecule has 0 atom stereocenters. The maximum absolute atomic E-state index is 12.8. The van der Waals surface area contributed by atoms with E-state index in [2.05, 4.69) is 16.2 Å². The van der Waals surface area contributed by atoms with Gasteiger partial charge in [0.1, 0.15) is 5.82 Å². The number of anilines is 2. The van der Waals surface area contributed by atoms with Gasteiger partial charge in [0, 0.05) is 18.3 Å². The van der Waals surface area contributed by atoms with Gasteiger partial charge in [-0.2, -0.15) is 0 Å². The molecule has 0 unspecified atom stereocenters. The Morgan fingerprint density at radius 3 is 2.40 bits per heavy atom. The average molecular weight is 273 g/mol. The Morgan fingerprint density at radius 2 is 1.75 bits per heavy atom. The first-order valence-corrected chi connectivity index (χ1v) is 6.20. The topological polar surface area (TPSA) is 53.2 Å². The van der Waals surface area contributed by atoms with Gasteiger partial charge in [0.05, 0.1) is 5.69 Å². The minimum atomic E-state index is -0.320. The lowest BCUT2D eigenvalue weighted by molar-refractivity contribution is 0.0962. The number of amides is 1. The minimum absolute atomic E-state index is 0.255. The van der Waals surface area contributed by atoms with Crippen molar-refractivity contribution < 1.29 is 9.18 Å². The molecule has 5 heteroatoms. The number of carbonyl (C=O) groups is 1. The second-order valence-corrected chi connectivity index (χ2v) is 4.42. The van der Waals surface area contributed by atoms with Crippen LogP contribution in [0.15, 0.2) is 42.5 Å². The number of hydrogen-bond acceptors (Lipinski definition) is 3. The summed E-state index contributed by atoms with van der Waals surface area (Å²) in [6.07, 6.45) is 0. The average Bonchev–Trinajstić information content (AvgIpc) is 2.45. The molecule has 3 N–H and O–H groups in total. The molecule has 2 aromatic carbocycles. The summed E-state index contributed by atoms with van der Waals surface area (Å²) in [5.74, 6) is -0.575. The maximum Gasteiger partial charge on any atom is 0.269 e. The number of hydrazine groups is 1. The van der Waals surface area contributed by atoms with E-state index >= 15 is 0 Å². The van der Waals surface area contributed by atoms with Crippen LogP contribution in [-0.4, -0.2) is 13.0 Å². The van der Waals surface area contributed by atoms with E-state index in [0.717, 1.165) is 11.3 Å². The SMILES string of the molecule is CNc1cc(C)cc(C(=O)NNc2ccc(F)cc2)c1.